The van der Waals surface area contributed by atoms with E-state index in [1.54, 1.807) is 0 Å². The van der Waals surface area contributed by atoms with Gasteiger partial charge in [-0.1, -0.05) is 67.9 Å². The molecule has 0 amide bonds. The van der Waals surface area contributed by atoms with Crippen LogP contribution in [0.2, 0.25) is 0 Å². The normalized spacial score (nSPS) is 10.1. The topological polar surface area (TPSA) is 49.7 Å². The molecule has 0 aromatic heterocycles. The van der Waals surface area contributed by atoms with Gasteiger partial charge in [-0.25, -0.2) is 0 Å². The van der Waals surface area contributed by atoms with Gasteiger partial charge in [0.25, 0.3) is 0 Å². The highest BCUT2D eigenvalue weighted by atomic mass is 16.4. The standard InChI is InChI=1S/C26H27NO2/c28-26(29)17-13-8-6-4-2-1-3-5-7-10-14-23-18-20-24(21-19-23)22-27-25-15-11-9-12-16-25/h9,11-12,15-16,18-22H,1-4,6,8,13,17H2,(H,28,29). The number of carbonyl (C=O) groups is 1. The number of unbranched alkanes of at least 4 members (excludes halogenated alkanes) is 6. The third kappa shape index (κ3) is 10.6. The molecule has 1 N–H and O–H groups in total. The number of rotatable bonds is 10. The van der Waals surface area contributed by atoms with Crippen LogP contribution in [0.1, 0.15) is 62.5 Å². The number of nitrogens with zero attached hydrogens (tertiary/aromatic N) is 1. The molecule has 148 valence electrons. The quantitative estimate of drug-likeness (QED) is 0.310. The molecular formula is C26H27NO2. The second-order valence-electron chi connectivity index (χ2n) is 6.78. The largest absolute Gasteiger partial charge is 0.481 e. The zero-order chi connectivity index (χ0) is 20.6. The fourth-order valence-electron chi connectivity index (χ4n) is 2.72. The minimum atomic E-state index is -0.700. The van der Waals surface area contributed by atoms with Gasteiger partial charge in [-0.2, -0.15) is 0 Å². The van der Waals surface area contributed by atoms with Crippen LogP contribution in [0, 0.1) is 23.7 Å². The van der Waals surface area contributed by atoms with E-state index in [-0.39, 0.29) is 6.42 Å². The SMILES string of the molecule is O=C(O)CCCCCCCCC#CC#Cc1ccc(C=Nc2ccccc2)cc1. The van der Waals surface area contributed by atoms with Gasteiger partial charge in [-0.05, 0) is 54.5 Å². The van der Waals surface area contributed by atoms with Crippen LogP contribution < -0.4 is 0 Å². The maximum absolute atomic E-state index is 10.4. The van der Waals surface area contributed by atoms with E-state index in [1.165, 1.54) is 0 Å². The van der Waals surface area contributed by atoms with E-state index in [0.29, 0.717) is 0 Å². The highest BCUT2D eigenvalue weighted by Crippen LogP contribution is 2.10. The van der Waals surface area contributed by atoms with Crippen molar-refractivity contribution in [1.82, 2.24) is 0 Å². The Kier molecular flexibility index (Phi) is 10.5. The minimum Gasteiger partial charge on any atom is -0.481 e. The van der Waals surface area contributed by atoms with Crippen molar-refractivity contribution in [3.05, 3.63) is 65.7 Å². The first kappa shape index (κ1) is 22.0. The third-order valence-electron chi connectivity index (χ3n) is 4.33. The molecule has 3 heteroatoms. The van der Waals surface area contributed by atoms with Crippen molar-refractivity contribution >= 4 is 17.9 Å². The summed E-state index contributed by atoms with van der Waals surface area (Å²) in [5.74, 6) is 11.3. The maximum atomic E-state index is 10.4. The lowest BCUT2D eigenvalue weighted by molar-refractivity contribution is -0.137. The molecule has 29 heavy (non-hydrogen) atoms. The molecule has 0 atom stereocenters. The van der Waals surface area contributed by atoms with Gasteiger partial charge in [-0.15, -0.1) is 0 Å². The maximum Gasteiger partial charge on any atom is 0.303 e. The number of carboxylic acids is 1. The molecule has 0 heterocycles. The molecule has 0 unspecified atom stereocenters. The van der Waals surface area contributed by atoms with Crippen molar-refractivity contribution < 1.29 is 9.90 Å². The highest BCUT2D eigenvalue weighted by molar-refractivity contribution is 5.82. The number of hydrogen-bond acceptors (Lipinski definition) is 2. The molecule has 2 rings (SSSR count). The summed E-state index contributed by atoms with van der Waals surface area (Å²) in [5.41, 5.74) is 2.91. The van der Waals surface area contributed by atoms with Crippen LogP contribution in [0.25, 0.3) is 0 Å². The van der Waals surface area contributed by atoms with Crippen LogP contribution in [-0.4, -0.2) is 17.3 Å². The summed E-state index contributed by atoms with van der Waals surface area (Å²) in [7, 11) is 0. The first-order valence-corrected chi connectivity index (χ1v) is 10.1. The van der Waals surface area contributed by atoms with Crippen molar-refractivity contribution in [3.8, 4) is 23.7 Å². The van der Waals surface area contributed by atoms with E-state index < -0.39 is 5.97 Å². The molecule has 0 saturated carbocycles. The Hall–Kier alpha value is -3.30. The number of aliphatic imine (C=N–C) groups is 1. The zero-order valence-electron chi connectivity index (χ0n) is 16.7. The first-order chi connectivity index (χ1) is 14.2. The molecule has 0 aliphatic rings. The predicted octanol–water partition coefficient (Wildman–Crippen LogP) is 6.00. The van der Waals surface area contributed by atoms with E-state index in [0.717, 1.165) is 61.8 Å². The molecule has 0 saturated heterocycles. The Labute approximate surface area is 173 Å². The summed E-state index contributed by atoms with van der Waals surface area (Å²) in [5, 5.41) is 8.57. The van der Waals surface area contributed by atoms with Crippen molar-refractivity contribution in [2.24, 2.45) is 4.99 Å². The number of benzene rings is 2. The molecule has 2 aromatic rings. The summed E-state index contributed by atoms with van der Waals surface area (Å²) in [4.78, 5) is 14.8. The molecule has 0 spiro atoms. The van der Waals surface area contributed by atoms with Crippen LogP contribution in [0.3, 0.4) is 0 Å². The molecule has 0 bridgehead atoms. The first-order valence-electron chi connectivity index (χ1n) is 10.1. The van der Waals surface area contributed by atoms with E-state index in [4.69, 9.17) is 5.11 Å². The number of para-hydroxylation sites is 1. The smallest absolute Gasteiger partial charge is 0.303 e. The van der Waals surface area contributed by atoms with Crippen molar-refractivity contribution in [2.45, 2.75) is 51.4 Å². The molecule has 0 aliphatic heterocycles. The summed E-state index contributed by atoms with van der Waals surface area (Å²) in [6, 6.07) is 17.8. The lowest BCUT2D eigenvalue weighted by atomic mass is 10.1. The van der Waals surface area contributed by atoms with Gasteiger partial charge in [0.15, 0.2) is 0 Å². The van der Waals surface area contributed by atoms with Gasteiger partial charge >= 0.3 is 5.97 Å². The Morgan fingerprint density at radius 3 is 2.28 bits per heavy atom. The second-order valence-corrected chi connectivity index (χ2v) is 6.78. The van der Waals surface area contributed by atoms with Crippen LogP contribution >= 0.6 is 0 Å². The Morgan fingerprint density at radius 1 is 0.862 bits per heavy atom. The molecule has 3 nitrogen and oxygen atoms in total. The summed E-state index contributed by atoms with van der Waals surface area (Å²) in [6.07, 6.45) is 9.24. The van der Waals surface area contributed by atoms with Crippen LogP contribution in [0.4, 0.5) is 5.69 Å². The third-order valence-corrected chi connectivity index (χ3v) is 4.33. The van der Waals surface area contributed by atoms with Crippen LogP contribution in [-0.2, 0) is 4.79 Å². The van der Waals surface area contributed by atoms with Gasteiger partial charge in [0.1, 0.15) is 0 Å². The second kappa shape index (κ2) is 13.8. The predicted molar refractivity (Wildman–Crippen MR) is 119 cm³/mol. The molecular weight excluding hydrogens is 358 g/mol. The number of aliphatic carboxylic acids is 1. The average molecular weight is 386 g/mol. The number of hydrogen-bond donors (Lipinski definition) is 1. The van der Waals surface area contributed by atoms with Crippen LogP contribution in [0.5, 0.6) is 0 Å². The molecule has 0 fully saturated rings. The number of carboxylic acid groups (broad SMARTS) is 1. The van der Waals surface area contributed by atoms with E-state index in [9.17, 15) is 4.79 Å². The van der Waals surface area contributed by atoms with E-state index in [2.05, 4.69) is 28.7 Å². The summed E-state index contributed by atoms with van der Waals surface area (Å²) in [6.45, 7) is 0. The molecule has 0 aliphatic carbocycles. The fraction of sp³-hybridized carbons (Fsp3) is 0.308. The zero-order valence-corrected chi connectivity index (χ0v) is 16.7. The van der Waals surface area contributed by atoms with Gasteiger partial charge in [-0.3, -0.25) is 9.79 Å². The molecule has 2 aromatic carbocycles. The van der Waals surface area contributed by atoms with Crippen molar-refractivity contribution in [3.63, 3.8) is 0 Å². The van der Waals surface area contributed by atoms with Gasteiger partial charge in [0.2, 0.25) is 0 Å². The Bertz CT molecular complexity index is 891. The van der Waals surface area contributed by atoms with Crippen molar-refractivity contribution in [2.75, 3.05) is 0 Å². The highest BCUT2D eigenvalue weighted by Gasteiger charge is 1.96. The Balaban J connectivity index is 1.63. The lowest BCUT2D eigenvalue weighted by Crippen LogP contribution is -1.93. The van der Waals surface area contributed by atoms with E-state index >= 15 is 0 Å². The van der Waals surface area contributed by atoms with E-state index in [1.807, 2.05) is 60.8 Å². The lowest BCUT2D eigenvalue weighted by Gasteiger charge is -1.98. The summed E-state index contributed by atoms with van der Waals surface area (Å²) >= 11 is 0. The van der Waals surface area contributed by atoms with Gasteiger partial charge < -0.3 is 5.11 Å². The minimum absolute atomic E-state index is 0.286. The summed E-state index contributed by atoms with van der Waals surface area (Å²) < 4.78 is 0. The van der Waals surface area contributed by atoms with Crippen molar-refractivity contribution in [1.29, 1.82) is 0 Å². The van der Waals surface area contributed by atoms with Gasteiger partial charge in [0.05, 0.1) is 5.69 Å². The molecule has 0 radical (unpaired) electrons. The fourth-order valence-corrected chi connectivity index (χ4v) is 2.72. The van der Waals surface area contributed by atoms with Crippen LogP contribution in [0.15, 0.2) is 59.6 Å². The average Bonchev–Trinajstić information content (AvgIpc) is 2.74. The monoisotopic (exact) mass is 385 g/mol. The van der Waals surface area contributed by atoms with Gasteiger partial charge in [0, 0.05) is 24.6 Å². The Morgan fingerprint density at radius 2 is 1.55 bits per heavy atom.